The number of hydrogen-bond acceptors (Lipinski definition) is 8. The van der Waals surface area contributed by atoms with Crippen LogP contribution in [0.4, 0.5) is 5.13 Å². The predicted molar refractivity (Wildman–Crippen MR) is 80.8 cm³/mol. The fraction of sp³-hybridized carbons (Fsp3) is 0.250. The van der Waals surface area contributed by atoms with Gasteiger partial charge in [0.25, 0.3) is 0 Å². The fourth-order valence-corrected chi connectivity index (χ4v) is 3.21. The summed E-state index contributed by atoms with van der Waals surface area (Å²) >= 11 is 3.08. The van der Waals surface area contributed by atoms with Crippen molar-refractivity contribution >= 4 is 27.8 Å². The van der Waals surface area contributed by atoms with Gasteiger partial charge in [-0.1, -0.05) is 18.3 Å². The molecule has 0 saturated carbocycles. The van der Waals surface area contributed by atoms with Crippen molar-refractivity contribution in [1.82, 2.24) is 25.1 Å². The maximum absolute atomic E-state index is 4.37. The van der Waals surface area contributed by atoms with Crippen molar-refractivity contribution in [2.24, 2.45) is 0 Å². The maximum atomic E-state index is 4.37. The second-order valence-electron chi connectivity index (χ2n) is 3.96. The minimum Gasteiger partial charge on any atom is -0.360 e. The molecule has 0 fully saturated rings. The van der Waals surface area contributed by atoms with Crippen LogP contribution in [-0.4, -0.2) is 31.7 Å². The summed E-state index contributed by atoms with van der Waals surface area (Å²) in [4.78, 5) is 13.7. The van der Waals surface area contributed by atoms with E-state index < -0.39 is 0 Å². The quantitative estimate of drug-likeness (QED) is 0.781. The molecule has 0 atom stereocenters. The smallest absolute Gasteiger partial charge is 0.206 e. The maximum Gasteiger partial charge on any atom is 0.206 e. The molecule has 6 nitrogen and oxygen atoms in total. The average Bonchev–Trinajstić information content (AvgIpc) is 3.15. The van der Waals surface area contributed by atoms with E-state index in [9.17, 15) is 0 Å². The molecule has 0 aliphatic rings. The Morgan fingerprint density at radius 1 is 1.05 bits per heavy atom. The van der Waals surface area contributed by atoms with Gasteiger partial charge in [-0.2, -0.15) is 0 Å². The van der Waals surface area contributed by atoms with Gasteiger partial charge in [-0.25, -0.2) is 4.98 Å². The molecule has 0 amide bonds. The summed E-state index contributed by atoms with van der Waals surface area (Å²) in [7, 11) is 0. The lowest BCUT2D eigenvalue weighted by molar-refractivity contribution is 0.964. The van der Waals surface area contributed by atoms with Crippen molar-refractivity contribution in [3.63, 3.8) is 0 Å². The van der Waals surface area contributed by atoms with Crippen LogP contribution in [0.1, 0.15) is 13.3 Å². The largest absolute Gasteiger partial charge is 0.360 e. The van der Waals surface area contributed by atoms with Crippen LogP contribution in [0.15, 0.2) is 24.8 Å². The number of nitrogens with one attached hydrogen (secondary N) is 1. The van der Waals surface area contributed by atoms with Gasteiger partial charge >= 0.3 is 0 Å². The molecular formula is C12H12N6S2. The molecule has 102 valence electrons. The Bertz CT molecular complexity index is 678. The van der Waals surface area contributed by atoms with Gasteiger partial charge < -0.3 is 5.32 Å². The van der Waals surface area contributed by atoms with Crippen molar-refractivity contribution in [3.8, 4) is 20.6 Å². The summed E-state index contributed by atoms with van der Waals surface area (Å²) in [5, 5.41) is 14.1. The molecule has 0 aliphatic heterocycles. The molecule has 3 aromatic rings. The highest BCUT2D eigenvalue weighted by molar-refractivity contribution is 7.24. The third-order valence-corrected chi connectivity index (χ3v) is 4.52. The van der Waals surface area contributed by atoms with Crippen LogP contribution < -0.4 is 5.32 Å². The molecule has 0 radical (unpaired) electrons. The summed E-state index contributed by atoms with van der Waals surface area (Å²) in [5.74, 6) is 0. The van der Waals surface area contributed by atoms with Crippen LogP contribution in [0.5, 0.6) is 0 Å². The van der Waals surface area contributed by atoms with E-state index in [1.165, 1.54) is 11.3 Å². The van der Waals surface area contributed by atoms with Crippen LogP contribution in [0.25, 0.3) is 20.6 Å². The molecule has 0 unspecified atom stereocenters. The van der Waals surface area contributed by atoms with Gasteiger partial charge in [-0.05, 0) is 6.42 Å². The lowest BCUT2D eigenvalue weighted by atomic mass is 10.5. The Labute approximate surface area is 124 Å². The van der Waals surface area contributed by atoms with Crippen molar-refractivity contribution in [2.45, 2.75) is 13.3 Å². The van der Waals surface area contributed by atoms with E-state index in [1.54, 1.807) is 36.1 Å². The standard InChI is InChI=1S/C12H12N6S2/c1-2-3-15-12-18-17-11(20-12)9-7-16-10(19-9)8-6-13-4-5-14-8/h4-7H,2-3H2,1H3,(H,15,18). The monoisotopic (exact) mass is 304 g/mol. The number of anilines is 1. The SMILES string of the molecule is CCCNc1nnc(-c2cnc(-c3cnccn3)s2)s1. The van der Waals surface area contributed by atoms with E-state index in [-0.39, 0.29) is 0 Å². The molecule has 0 spiro atoms. The van der Waals surface area contributed by atoms with Crippen LogP contribution in [0, 0.1) is 0 Å². The number of hydrogen-bond donors (Lipinski definition) is 1. The van der Waals surface area contributed by atoms with Gasteiger partial charge in [0.2, 0.25) is 5.13 Å². The van der Waals surface area contributed by atoms with E-state index in [4.69, 9.17) is 0 Å². The molecule has 3 aromatic heterocycles. The van der Waals surface area contributed by atoms with Crippen molar-refractivity contribution in [2.75, 3.05) is 11.9 Å². The lowest BCUT2D eigenvalue weighted by Crippen LogP contribution is -1.98. The zero-order chi connectivity index (χ0) is 13.8. The molecule has 0 aromatic carbocycles. The number of rotatable bonds is 5. The molecule has 0 aliphatic carbocycles. The summed E-state index contributed by atoms with van der Waals surface area (Å²) in [6.45, 7) is 3.02. The summed E-state index contributed by atoms with van der Waals surface area (Å²) in [6.07, 6.45) is 7.88. The molecule has 0 bridgehead atoms. The number of aromatic nitrogens is 5. The topological polar surface area (TPSA) is 76.5 Å². The highest BCUT2D eigenvalue weighted by Gasteiger charge is 2.12. The van der Waals surface area contributed by atoms with E-state index in [0.717, 1.165) is 38.7 Å². The van der Waals surface area contributed by atoms with E-state index in [1.807, 2.05) is 0 Å². The highest BCUT2D eigenvalue weighted by Crippen LogP contribution is 2.33. The Morgan fingerprint density at radius 2 is 2.00 bits per heavy atom. The predicted octanol–water partition coefficient (Wildman–Crippen LogP) is 2.94. The Morgan fingerprint density at radius 3 is 2.80 bits per heavy atom. The van der Waals surface area contributed by atoms with Gasteiger partial charge in [0, 0.05) is 25.1 Å². The number of thiazole rings is 1. The first kappa shape index (κ1) is 13.1. The molecule has 20 heavy (non-hydrogen) atoms. The Balaban J connectivity index is 1.81. The Hall–Kier alpha value is -1.93. The molecule has 8 heteroatoms. The lowest BCUT2D eigenvalue weighted by Gasteiger charge is -1.95. The third kappa shape index (κ3) is 2.81. The summed E-state index contributed by atoms with van der Waals surface area (Å²) in [5.41, 5.74) is 0.776. The zero-order valence-corrected chi connectivity index (χ0v) is 12.4. The van der Waals surface area contributed by atoms with Crippen molar-refractivity contribution < 1.29 is 0 Å². The first-order chi connectivity index (χ1) is 9.86. The van der Waals surface area contributed by atoms with Gasteiger partial charge in [0.1, 0.15) is 10.7 Å². The molecule has 1 N–H and O–H groups in total. The van der Waals surface area contributed by atoms with Gasteiger partial charge in [-0.3, -0.25) is 9.97 Å². The zero-order valence-electron chi connectivity index (χ0n) is 10.8. The van der Waals surface area contributed by atoms with Crippen LogP contribution in [-0.2, 0) is 0 Å². The van der Waals surface area contributed by atoms with Gasteiger partial charge in [0.15, 0.2) is 5.01 Å². The normalized spacial score (nSPS) is 10.7. The van der Waals surface area contributed by atoms with Crippen LogP contribution in [0.2, 0.25) is 0 Å². The first-order valence-electron chi connectivity index (χ1n) is 6.17. The van der Waals surface area contributed by atoms with Gasteiger partial charge in [0.05, 0.1) is 11.1 Å². The summed E-state index contributed by atoms with van der Waals surface area (Å²) < 4.78 is 0. The fourth-order valence-electron chi connectivity index (χ4n) is 1.53. The summed E-state index contributed by atoms with van der Waals surface area (Å²) in [6, 6.07) is 0. The van der Waals surface area contributed by atoms with Crippen LogP contribution in [0.3, 0.4) is 0 Å². The average molecular weight is 304 g/mol. The highest BCUT2D eigenvalue weighted by atomic mass is 32.1. The molecule has 3 heterocycles. The van der Waals surface area contributed by atoms with Gasteiger partial charge in [-0.15, -0.1) is 21.5 Å². The first-order valence-corrected chi connectivity index (χ1v) is 7.80. The minimum absolute atomic E-state index is 0.776. The van der Waals surface area contributed by atoms with Crippen molar-refractivity contribution in [3.05, 3.63) is 24.8 Å². The Kier molecular flexibility index (Phi) is 3.93. The second-order valence-corrected chi connectivity index (χ2v) is 5.97. The molecule has 3 rings (SSSR count). The second kappa shape index (κ2) is 6.02. The van der Waals surface area contributed by atoms with E-state index >= 15 is 0 Å². The van der Waals surface area contributed by atoms with E-state index in [0.29, 0.717) is 0 Å². The molecule has 0 saturated heterocycles. The minimum atomic E-state index is 0.776. The van der Waals surface area contributed by atoms with Crippen LogP contribution >= 0.6 is 22.7 Å². The van der Waals surface area contributed by atoms with Crippen molar-refractivity contribution in [1.29, 1.82) is 0 Å². The van der Waals surface area contributed by atoms with E-state index in [2.05, 4.69) is 37.4 Å². The molecular weight excluding hydrogens is 292 g/mol. The number of nitrogens with zero attached hydrogens (tertiary/aromatic N) is 5. The third-order valence-electron chi connectivity index (χ3n) is 2.45.